The lowest BCUT2D eigenvalue weighted by atomic mass is 9.83. The van der Waals surface area contributed by atoms with Gasteiger partial charge in [-0.2, -0.15) is 5.10 Å². The summed E-state index contributed by atoms with van der Waals surface area (Å²) in [4.78, 5) is 0. The van der Waals surface area contributed by atoms with Crippen LogP contribution < -0.4 is 9.46 Å². The highest BCUT2D eigenvalue weighted by Crippen LogP contribution is 2.38. The van der Waals surface area contributed by atoms with Crippen LogP contribution in [0.5, 0.6) is 5.75 Å². The zero-order valence-corrected chi connectivity index (χ0v) is 17.0. The maximum absolute atomic E-state index is 14.0. The number of hydrogen-bond acceptors (Lipinski definition) is 4. The Morgan fingerprint density at radius 3 is 2.59 bits per heavy atom. The van der Waals surface area contributed by atoms with Gasteiger partial charge in [-0.25, -0.2) is 26.6 Å². The minimum Gasteiger partial charge on any atom is -0.493 e. The van der Waals surface area contributed by atoms with Gasteiger partial charge in [0.1, 0.15) is 5.75 Å². The van der Waals surface area contributed by atoms with Crippen LogP contribution in [-0.4, -0.2) is 42.0 Å². The van der Waals surface area contributed by atoms with E-state index in [2.05, 4.69) is 9.82 Å². The molecule has 2 aromatic rings. The van der Waals surface area contributed by atoms with E-state index in [0.717, 1.165) is 11.3 Å². The third kappa shape index (κ3) is 4.95. The maximum Gasteiger partial charge on any atom is 0.248 e. The zero-order chi connectivity index (χ0) is 20.6. The highest BCUT2D eigenvalue weighted by molar-refractivity contribution is 7.90. The molecule has 1 aromatic carbocycles. The Morgan fingerprint density at radius 1 is 1.24 bits per heavy atom. The molecule has 0 amide bonds. The summed E-state index contributed by atoms with van der Waals surface area (Å²) in [6.07, 6.45) is 4.37. The third-order valence-corrected chi connectivity index (χ3v) is 7.49. The number of rotatable bonds is 7. The van der Waals surface area contributed by atoms with Gasteiger partial charge in [0.05, 0.1) is 23.7 Å². The third-order valence-electron chi connectivity index (χ3n) is 5.51. The van der Waals surface area contributed by atoms with E-state index in [-0.39, 0.29) is 31.1 Å². The average Bonchev–Trinajstić information content (AvgIpc) is 3.45. The van der Waals surface area contributed by atoms with E-state index < -0.39 is 27.9 Å². The summed E-state index contributed by atoms with van der Waals surface area (Å²) in [6.45, 7) is 1.99. The SMILES string of the molecule is Cc1cnn(-c2ccc(OC[C@@H]3CC(F)(F)CC[C@@H]3NS(=O)(=O)C3CC3)cc2)c1. The van der Waals surface area contributed by atoms with Crippen LogP contribution in [0.3, 0.4) is 0 Å². The van der Waals surface area contributed by atoms with Crippen LogP contribution in [0.4, 0.5) is 8.78 Å². The first kappa shape index (κ1) is 20.3. The van der Waals surface area contributed by atoms with Crippen LogP contribution >= 0.6 is 0 Å². The topological polar surface area (TPSA) is 73.2 Å². The Labute approximate surface area is 169 Å². The molecule has 0 aliphatic heterocycles. The lowest BCUT2D eigenvalue weighted by Crippen LogP contribution is -2.49. The van der Waals surface area contributed by atoms with Gasteiger partial charge in [0, 0.05) is 31.0 Å². The van der Waals surface area contributed by atoms with Crippen molar-refractivity contribution in [2.75, 3.05) is 6.61 Å². The highest BCUT2D eigenvalue weighted by Gasteiger charge is 2.45. The van der Waals surface area contributed by atoms with Crippen molar-refractivity contribution >= 4 is 10.0 Å². The monoisotopic (exact) mass is 425 g/mol. The predicted octanol–water partition coefficient (Wildman–Crippen LogP) is 3.45. The number of alkyl halides is 2. The van der Waals surface area contributed by atoms with Gasteiger partial charge in [0.25, 0.3) is 0 Å². The number of aromatic nitrogens is 2. The van der Waals surface area contributed by atoms with Gasteiger partial charge in [-0.3, -0.25) is 0 Å². The molecule has 2 aliphatic carbocycles. The van der Waals surface area contributed by atoms with Gasteiger partial charge in [-0.05, 0) is 56.0 Å². The highest BCUT2D eigenvalue weighted by atomic mass is 32.2. The minimum atomic E-state index is -3.43. The molecule has 6 nitrogen and oxygen atoms in total. The maximum atomic E-state index is 14.0. The Morgan fingerprint density at radius 2 is 1.97 bits per heavy atom. The molecule has 2 aliphatic rings. The fourth-order valence-electron chi connectivity index (χ4n) is 3.70. The first-order valence-electron chi connectivity index (χ1n) is 9.85. The van der Waals surface area contributed by atoms with Gasteiger partial charge in [-0.15, -0.1) is 0 Å². The molecule has 1 aromatic heterocycles. The molecular weight excluding hydrogens is 400 g/mol. The normalized spacial score (nSPS) is 24.4. The molecule has 29 heavy (non-hydrogen) atoms. The molecule has 2 atom stereocenters. The van der Waals surface area contributed by atoms with E-state index in [1.54, 1.807) is 23.0 Å². The number of ether oxygens (including phenoxy) is 1. The van der Waals surface area contributed by atoms with E-state index in [1.807, 2.05) is 25.3 Å². The fourth-order valence-corrected chi connectivity index (χ4v) is 5.38. The zero-order valence-electron chi connectivity index (χ0n) is 16.2. The summed E-state index contributed by atoms with van der Waals surface area (Å²) in [5.41, 5.74) is 1.91. The van der Waals surface area contributed by atoms with Gasteiger partial charge in [0.2, 0.25) is 15.9 Å². The minimum absolute atomic E-state index is 0.0354. The number of hydrogen-bond donors (Lipinski definition) is 1. The van der Waals surface area contributed by atoms with Crippen molar-refractivity contribution in [3.8, 4) is 11.4 Å². The van der Waals surface area contributed by atoms with Crippen molar-refractivity contribution < 1.29 is 21.9 Å². The van der Waals surface area contributed by atoms with E-state index in [9.17, 15) is 17.2 Å². The predicted molar refractivity (Wildman–Crippen MR) is 105 cm³/mol. The number of sulfonamides is 1. The molecule has 0 bridgehead atoms. The molecule has 0 saturated heterocycles. The molecule has 2 saturated carbocycles. The van der Waals surface area contributed by atoms with Crippen LogP contribution in [0.15, 0.2) is 36.7 Å². The van der Waals surface area contributed by atoms with Crippen LogP contribution in [0.1, 0.15) is 37.7 Å². The summed E-state index contributed by atoms with van der Waals surface area (Å²) in [5, 5.41) is 3.87. The second-order valence-electron chi connectivity index (χ2n) is 8.09. The van der Waals surface area contributed by atoms with E-state index in [1.165, 1.54) is 0 Å². The number of nitrogens with zero attached hydrogens (tertiary/aromatic N) is 2. The lowest BCUT2D eigenvalue weighted by molar-refractivity contribution is -0.0661. The number of aryl methyl sites for hydroxylation is 1. The number of benzene rings is 1. The van der Waals surface area contributed by atoms with Crippen LogP contribution in [0.2, 0.25) is 0 Å². The summed E-state index contributed by atoms with van der Waals surface area (Å²) in [6, 6.07) is 6.68. The lowest BCUT2D eigenvalue weighted by Gasteiger charge is -2.36. The van der Waals surface area contributed by atoms with Crippen molar-refractivity contribution in [1.29, 1.82) is 0 Å². The number of nitrogens with one attached hydrogen (secondary N) is 1. The van der Waals surface area contributed by atoms with Crippen molar-refractivity contribution in [3.63, 3.8) is 0 Å². The summed E-state index contributed by atoms with van der Waals surface area (Å²) >= 11 is 0. The quantitative estimate of drug-likeness (QED) is 0.738. The Balaban J connectivity index is 1.41. The molecule has 1 N–H and O–H groups in total. The average molecular weight is 426 g/mol. The van der Waals surface area contributed by atoms with E-state index >= 15 is 0 Å². The van der Waals surface area contributed by atoms with Gasteiger partial charge in [0.15, 0.2) is 0 Å². The van der Waals surface area contributed by atoms with Gasteiger partial charge in [-0.1, -0.05) is 0 Å². The molecule has 1 heterocycles. The first-order chi connectivity index (χ1) is 13.7. The molecule has 0 spiro atoms. The smallest absolute Gasteiger partial charge is 0.248 e. The van der Waals surface area contributed by atoms with Gasteiger partial charge >= 0.3 is 0 Å². The second kappa shape index (κ2) is 7.68. The fraction of sp³-hybridized carbons (Fsp3) is 0.550. The molecule has 2 fully saturated rings. The standard InChI is InChI=1S/C20H25F2N3O3S/c1-14-11-23-25(12-14)16-2-4-17(5-3-16)28-13-15-10-20(21,22)9-8-19(15)24-29(26,27)18-6-7-18/h2-5,11-12,15,18-19,24H,6-10,13H2,1H3/t15-,19-/m0/s1. The largest absolute Gasteiger partial charge is 0.493 e. The first-order valence-corrected chi connectivity index (χ1v) is 11.4. The van der Waals surface area contributed by atoms with Crippen LogP contribution in [0, 0.1) is 12.8 Å². The molecule has 0 radical (unpaired) electrons. The van der Waals surface area contributed by atoms with Crippen molar-refractivity contribution in [2.24, 2.45) is 5.92 Å². The molecule has 158 valence electrons. The summed E-state index contributed by atoms with van der Waals surface area (Å²) in [5.74, 6) is -2.83. The van der Waals surface area contributed by atoms with E-state index in [0.29, 0.717) is 18.6 Å². The molecule has 0 unspecified atom stereocenters. The molecular formula is C20H25F2N3O3S. The summed E-state index contributed by atoms with van der Waals surface area (Å²) in [7, 11) is -3.43. The van der Waals surface area contributed by atoms with Crippen LogP contribution in [-0.2, 0) is 10.0 Å². The molecule has 4 rings (SSSR count). The second-order valence-corrected chi connectivity index (χ2v) is 10.1. The van der Waals surface area contributed by atoms with Crippen molar-refractivity contribution in [1.82, 2.24) is 14.5 Å². The Hall–Kier alpha value is -2.00. The molecule has 9 heteroatoms. The summed E-state index contributed by atoms with van der Waals surface area (Å²) < 4.78 is 62.6. The van der Waals surface area contributed by atoms with Gasteiger partial charge < -0.3 is 4.74 Å². The van der Waals surface area contributed by atoms with Crippen molar-refractivity contribution in [3.05, 3.63) is 42.2 Å². The van der Waals surface area contributed by atoms with E-state index in [4.69, 9.17) is 4.74 Å². The Bertz CT molecular complexity index is 956. The van der Waals surface area contributed by atoms with Crippen LogP contribution in [0.25, 0.3) is 5.69 Å². The number of halogens is 2. The Kier molecular flexibility index (Phi) is 5.37. The van der Waals surface area contributed by atoms with Crippen molar-refractivity contribution in [2.45, 2.75) is 56.2 Å².